The van der Waals surface area contributed by atoms with Crippen LogP contribution in [-0.2, 0) is 23.9 Å². The summed E-state index contributed by atoms with van der Waals surface area (Å²) in [4.78, 5) is 45.5. The molecular weight excluding hydrogens is 306 g/mol. The molecule has 3 amide bonds. The smallest absolute Gasteiger partial charge is 0.407 e. The van der Waals surface area contributed by atoms with Crippen LogP contribution in [-0.4, -0.2) is 55.7 Å². The van der Waals surface area contributed by atoms with Gasteiger partial charge in [-0.15, -0.1) is 0 Å². The van der Waals surface area contributed by atoms with E-state index in [4.69, 9.17) is 9.47 Å². The summed E-state index contributed by atoms with van der Waals surface area (Å²) in [6.45, 7) is 6.08. The average Bonchev–Trinajstić information content (AvgIpc) is 2.40. The first-order chi connectivity index (χ1) is 10.5. The van der Waals surface area contributed by atoms with Gasteiger partial charge in [0.05, 0.1) is 0 Å². The molecule has 0 aliphatic rings. The zero-order valence-corrected chi connectivity index (χ0v) is 14.1. The molecule has 1 unspecified atom stereocenters. The van der Waals surface area contributed by atoms with Crippen molar-refractivity contribution >= 4 is 23.9 Å². The summed E-state index contributed by atoms with van der Waals surface area (Å²) in [6, 6.07) is -0.966. The van der Waals surface area contributed by atoms with Gasteiger partial charge in [-0.25, -0.2) is 9.59 Å². The van der Waals surface area contributed by atoms with Crippen molar-refractivity contribution < 1.29 is 28.7 Å². The monoisotopic (exact) mass is 331 g/mol. The molecule has 0 spiro atoms. The molecule has 9 heteroatoms. The second-order valence-corrected chi connectivity index (χ2v) is 5.75. The predicted octanol–water partition coefficient (Wildman–Crippen LogP) is -0.305. The molecule has 0 heterocycles. The summed E-state index contributed by atoms with van der Waals surface area (Å²) in [6.07, 6.45) is -0.524. The molecule has 0 radical (unpaired) electrons. The van der Waals surface area contributed by atoms with Crippen LogP contribution in [0.25, 0.3) is 0 Å². The summed E-state index contributed by atoms with van der Waals surface area (Å²) in [7, 11) is 1.41. The Bertz CT molecular complexity index is 444. The molecule has 1 atom stereocenters. The van der Waals surface area contributed by atoms with Gasteiger partial charge >= 0.3 is 12.1 Å². The van der Waals surface area contributed by atoms with Crippen molar-refractivity contribution in [2.75, 3.05) is 20.2 Å². The number of carbonyl (C=O) groups is 4. The number of ether oxygens (including phenoxy) is 2. The number of hydrogen-bond acceptors (Lipinski definition) is 6. The number of amides is 3. The van der Waals surface area contributed by atoms with Gasteiger partial charge in [-0.05, 0) is 27.2 Å². The van der Waals surface area contributed by atoms with Crippen LogP contribution in [0.2, 0.25) is 0 Å². The third kappa shape index (κ3) is 11.0. The maximum absolute atomic E-state index is 11.8. The Hall–Kier alpha value is -2.32. The van der Waals surface area contributed by atoms with Crippen LogP contribution >= 0.6 is 0 Å². The van der Waals surface area contributed by atoms with Gasteiger partial charge < -0.3 is 25.4 Å². The zero-order valence-electron chi connectivity index (χ0n) is 14.1. The molecule has 0 aromatic carbocycles. The highest BCUT2D eigenvalue weighted by molar-refractivity contribution is 5.85. The Morgan fingerprint density at radius 2 is 1.74 bits per heavy atom. The van der Waals surface area contributed by atoms with Gasteiger partial charge in [0.2, 0.25) is 5.91 Å². The highest BCUT2D eigenvalue weighted by Crippen LogP contribution is 2.06. The lowest BCUT2D eigenvalue weighted by Gasteiger charge is -2.20. The minimum absolute atomic E-state index is 0.0922. The van der Waals surface area contributed by atoms with Crippen LogP contribution in [0.5, 0.6) is 0 Å². The van der Waals surface area contributed by atoms with E-state index in [1.165, 1.54) is 14.0 Å². The van der Waals surface area contributed by atoms with E-state index in [1.54, 1.807) is 20.8 Å². The minimum Gasteiger partial charge on any atom is -0.454 e. The number of rotatable bonds is 7. The van der Waals surface area contributed by atoms with Crippen molar-refractivity contribution in [2.45, 2.75) is 45.8 Å². The predicted molar refractivity (Wildman–Crippen MR) is 81.5 cm³/mol. The fourth-order valence-electron chi connectivity index (χ4n) is 1.44. The van der Waals surface area contributed by atoms with Crippen molar-refractivity contribution in [3.8, 4) is 0 Å². The van der Waals surface area contributed by atoms with Crippen LogP contribution < -0.4 is 16.0 Å². The van der Waals surface area contributed by atoms with Crippen LogP contribution in [0.4, 0.5) is 4.79 Å². The molecule has 0 aromatic heterocycles. The maximum Gasteiger partial charge on any atom is 0.407 e. The van der Waals surface area contributed by atoms with Gasteiger partial charge in [-0.2, -0.15) is 0 Å². The van der Waals surface area contributed by atoms with Crippen LogP contribution in [0, 0.1) is 0 Å². The summed E-state index contributed by atoms with van der Waals surface area (Å²) in [5.74, 6) is -1.65. The first kappa shape index (κ1) is 20.7. The Balaban J connectivity index is 4.39. The lowest BCUT2D eigenvalue weighted by Crippen LogP contribution is -2.44. The molecule has 9 nitrogen and oxygen atoms in total. The van der Waals surface area contributed by atoms with Crippen molar-refractivity contribution in [1.29, 1.82) is 0 Å². The van der Waals surface area contributed by atoms with E-state index in [0.29, 0.717) is 0 Å². The van der Waals surface area contributed by atoms with Crippen molar-refractivity contribution in [1.82, 2.24) is 16.0 Å². The van der Waals surface area contributed by atoms with Crippen molar-refractivity contribution in [3.05, 3.63) is 0 Å². The van der Waals surface area contributed by atoms with E-state index in [1.807, 2.05) is 0 Å². The molecule has 0 saturated heterocycles. The fraction of sp³-hybridized carbons (Fsp3) is 0.714. The minimum atomic E-state index is -0.966. The SMILES string of the molecule is CNC(=O)COC(=O)C(CCNC(=O)OC(C)(C)C)NC(C)=O. The van der Waals surface area contributed by atoms with Gasteiger partial charge in [0.1, 0.15) is 11.6 Å². The Morgan fingerprint density at radius 1 is 1.13 bits per heavy atom. The van der Waals surface area contributed by atoms with Crippen LogP contribution in [0.15, 0.2) is 0 Å². The van der Waals surface area contributed by atoms with E-state index >= 15 is 0 Å². The van der Waals surface area contributed by atoms with Gasteiger partial charge in [-0.1, -0.05) is 0 Å². The molecule has 132 valence electrons. The second-order valence-electron chi connectivity index (χ2n) is 5.75. The summed E-state index contributed by atoms with van der Waals surface area (Å²) in [5.41, 5.74) is -0.631. The highest BCUT2D eigenvalue weighted by atomic mass is 16.6. The molecule has 0 fully saturated rings. The highest BCUT2D eigenvalue weighted by Gasteiger charge is 2.22. The summed E-state index contributed by atoms with van der Waals surface area (Å²) < 4.78 is 9.83. The largest absolute Gasteiger partial charge is 0.454 e. The molecule has 0 aliphatic carbocycles. The molecular formula is C14H25N3O6. The number of nitrogens with one attached hydrogen (secondary N) is 3. The third-order valence-corrected chi connectivity index (χ3v) is 2.39. The quantitative estimate of drug-likeness (QED) is 0.550. The van der Waals surface area contributed by atoms with E-state index in [9.17, 15) is 19.2 Å². The number of likely N-dealkylation sites (N-methyl/N-ethyl adjacent to an activating group) is 1. The van der Waals surface area contributed by atoms with Gasteiger partial charge in [0.15, 0.2) is 6.61 Å². The molecule has 0 saturated carbocycles. The standard InChI is InChI=1S/C14H25N3O6/c1-9(18)17-10(12(20)22-8-11(19)15-5)6-7-16-13(21)23-14(2,3)4/h10H,6-8H2,1-5H3,(H,15,19)(H,16,21)(H,17,18). The Morgan fingerprint density at radius 3 is 2.22 bits per heavy atom. The average molecular weight is 331 g/mol. The van der Waals surface area contributed by atoms with E-state index in [0.717, 1.165) is 0 Å². The van der Waals surface area contributed by atoms with E-state index < -0.39 is 42.1 Å². The normalized spacial score (nSPS) is 11.9. The van der Waals surface area contributed by atoms with Crippen molar-refractivity contribution in [3.63, 3.8) is 0 Å². The number of carbonyl (C=O) groups excluding carboxylic acids is 4. The van der Waals surface area contributed by atoms with Gasteiger partial charge in [0.25, 0.3) is 5.91 Å². The van der Waals surface area contributed by atoms with E-state index in [2.05, 4.69) is 16.0 Å². The zero-order chi connectivity index (χ0) is 18.0. The van der Waals surface area contributed by atoms with Gasteiger partial charge in [-0.3, -0.25) is 9.59 Å². The van der Waals surface area contributed by atoms with Crippen LogP contribution in [0.1, 0.15) is 34.1 Å². The summed E-state index contributed by atoms with van der Waals surface area (Å²) >= 11 is 0. The first-order valence-corrected chi connectivity index (χ1v) is 7.16. The molecule has 0 aromatic rings. The van der Waals surface area contributed by atoms with E-state index in [-0.39, 0.29) is 13.0 Å². The van der Waals surface area contributed by atoms with Crippen LogP contribution in [0.3, 0.4) is 0 Å². The summed E-state index contributed by atoms with van der Waals surface area (Å²) in [5, 5.41) is 7.18. The van der Waals surface area contributed by atoms with Gasteiger partial charge in [0, 0.05) is 20.5 Å². The Kier molecular flexibility index (Phi) is 8.67. The molecule has 0 rings (SSSR count). The lowest BCUT2D eigenvalue weighted by atomic mass is 10.2. The second kappa shape index (κ2) is 9.65. The molecule has 0 bridgehead atoms. The Labute approximate surface area is 135 Å². The number of alkyl carbamates (subject to hydrolysis) is 1. The fourth-order valence-corrected chi connectivity index (χ4v) is 1.44. The number of esters is 1. The first-order valence-electron chi connectivity index (χ1n) is 7.16. The molecule has 23 heavy (non-hydrogen) atoms. The van der Waals surface area contributed by atoms with Crippen molar-refractivity contribution in [2.24, 2.45) is 0 Å². The lowest BCUT2D eigenvalue weighted by molar-refractivity contribution is -0.151. The third-order valence-electron chi connectivity index (χ3n) is 2.39. The molecule has 3 N–H and O–H groups in total. The number of hydrogen-bond donors (Lipinski definition) is 3. The topological polar surface area (TPSA) is 123 Å². The maximum atomic E-state index is 11.8. The molecule has 0 aliphatic heterocycles.